The standard InChI is InChI=1S/C17H27N3O2/c1-13-8-9-19(5)10-11-20(13)16(21)15-7-6-14(12-18-15)22-17(2,3)4/h6-7,12-13H,8-11H2,1-5H3. The molecule has 1 amide bonds. The molecular weight excluding hydrogens is 278 g/mol. The minimum atomic E-state index is -0.267. The first-order valence-electron chi connectivity index (χ1n) is 7.91. The van der Waals surface area contributed by atoms with Gasteiger partial charge in [-0.25, -0.2) is 4.98 Å². The molecular formula is C17H27N3O2. The summed E-state index contributed by atoms with van der Waals surface area (Å²) in [5, 5.41) is 0. The van der Waals surface area contributed by atoms with Gasteiger partial charge in [-0.15, -0.1) is 0 Å². The van der Waals surface area contributed by atoms with Gasteiger partial charge < -0.3 is 14.5 Å². The number of amides is 1. The van der Waals surface area contributed by atoms with E-state index in [2.05, 4.69) is 23.9 Å². The van der Waals surface area contributed by atoms with Gasteiger partial charge in [-0.05, 0) is 59.8 Å². The molecule has 1 aromatic rings. The van der Waals surface area contributed by atoms with Crippen LogP contribution in [0.5, 0.6) is 5.75 Å². The van der Waals surface area contributed by atoms with E-state index in [0.717, 1.165) is 26.1 Å². The van der Waals surface area contributed by atoms with E-state index in [4.69, 9.17) is 4.74 Å². The second-order valence-corrected chi connectivity index (χ2v) is 7.03. The molecule has 0 radical (unpaired) electrons. The minimum Gasteiger partial charge on any atom is -0.487 e. The van der Waals surface area contributed by atoms with Gasteiger partial charge in [0.2, 0.25) is 0 Å². The average molecular weight is 305 g/mol. The van der Waals surface area contributed by atoms with Crippen molar-refractivity contribution in [1.82, 2.24) is 14.8 Å². The number of pyridine rings is 1. The van der Waals surface area contributed by atoms with Gasteiger partial charge in [-0.3, -0.25) is 4.79 Å². The minimum absolute atomic E-state index is 0.00473. The van der Waals surface area contributed by atoms with Crippen molar-refractivity contribution in [1.29, 1.82) is 0 Å². The second-order valence-electron chi connectivity index (χ2n) is 7.03. The third-order valence-electron chi connectivity index (χ3n) is 3.82. The van der Waals surface area contributed by atoms with Crippen LogP contribution < -0.4 is 4.74 Å². The number of carbonyl (C=O) groups excluding carboxylic acids is 1. The average Bonchev–Trinajstić information content (AvgIpc) is 2.59. The largest absolute Gasteiger partial charge is 0.487 e. The van der Waals surface area contributed by atoms with Crippen molar-refractivity contribution >= 4 is 5.91 Å². The summed E-state index contributed by atoms with van der Waals surface area (Å²) < 4.78 is 5.74. The van der Waals surface area contributed by atoms with Crippen LogP contribution in [0, 0.1) is 0 Å². The van der Waals surface area contributed by atoms with Gasteiger partial charge in [0.05, 0.1) is 6.20 Å². The van der Waals surface area contributed by atoms with Crippen LogP contribution >= 0.6 is 0 Å². The van der Waals surface area contributed by atoms with Crippen molar-refractivity contribution in [3.8, 4) is 5.75 Å². The molecule has 0 aliphatic carbocycles. The van der Waals surface area contributed by atoms with Crippen LogP contribution in [0.2, 0.25) is 0 Å². The first kappa shape index (κ1) is 16.7. The van der Waals surface area contributed by atoms with Crippen molar-refractivity contribution in [2.75, 3.05) is 26.7 Å². The van der Waals surface area contributed by atoms with Crippen LogP contribution in [0.3, 0.4) is 0 Å². The van der Waals surface area contributed by atoms with Crippen molar-refractivity contribution in [2.45, 2.75) is 45.8 Å². The van der Waals surface area contributed by atoms with Crippen LogP contribution in [-0.4, -0.2) is 59.0 Å². The Morgan fingerprint density at radius 3 is 2.59 bits per heavy atom. The molecule has 122 valence electrons. The highest BCUT2D eigenvalue weighted by Crippen LogP contribution is 2.18. The van der Waals surface area contributed by atoms with Crippen molar-refractivity contribution in [3.05, 3.63) is 24.0 Å². The lowest BCUT2D eigenvalue weighted by molar-refractivity contribution is 0.0696. The molecule has 5 nitrogen and oxygen atoms in total. The topological polar surface area (TPSA) is 45.7 Å². The maximum Gasteiger partial charge on any atom is 0.272 e. The van der Waals surface area contributed by atoms with Gasteiger partial charge in [0, 0.05) is 19.1 Å². The first-order chi connectivity index (χ1) is 10.3. The lowest BCUT2D eigenvalue weighted by Crippen LogP contribution is -2.40. The highest BCUT2D eigenvalue weighted by atomic mass is 16.5. The zero-order valence-corrected chi connectivity index (χ0v) is 14.3. The fourth-order valence-corrected chi connectivity index (χ4v) is 2.54. The van der Waals surface area contributed by atoms with E-state index in [1.807, 2.05) is 31.7 Å². The van der Waals surface area contributed by atoms with Gasteiger partial charge in [0.1, 0.15) is 17.0 Å². The Balaban J connectivity index is 2.08. The number of likely N-dealkylation sites (N-methyl/N-ethyl adjacent to an activating group) is 1. The highest BCUT2D eigenvalue weighted by Gasteiger charge is 2.25. The van der Waals surface area contributed by atoms with Crippen LogP contribution in [0.15, 0.2) is 18.3 Å². The van der Waals surface area contributed by atoms with E-state index in [0.29, 0.717) is 11.4 Å². The molecule has 1 aliphatic rings. The summed E-state index contributed by atoms with van der Waals surface area (Å²) in [6, 6.07) is 3.81. The predicted molar refractivity (Wildman–Crippen MR) is 87.2 cm³/mol. The zero-order chi connectivity index (χ0) is 16.3. The third-order valence-corrected chi connectivity index (χ3v) is 3.82. The quantitative estimate of drug-likeness (QED) is 0.842. The summed E-state index contributed by atoms with van der Waals surface area (Å²) in [6.07, 6.45) is 2.63. The fraction of sp³-hybridized carbons (Fsp3) is 0.647. The van der Waals surface area contributed by atoms with E-state index >= 15 is 0 Å². The molecule has 5 heteroatoms. The first-order valence-corrected chi connectivity index (χ1v) is 7.91. The maximum absolute atomic E-state index is 12.7. The van der Waals surface area contributed by atoms with Gasteiger partial charge in [0.15, 0.2) is 0 Å². The predicted octanol–water partition coefficient (Wildman–Crippen LogP) is 2.43. The molecule has 1 aromatic heterocycles. The summed E-state index contributed by atoms with van der Waals surface area (Å²) in [5.74, 6) is 0.692. The zero-order valence-electron chi connectivity index (χ0n) is 14.3. The smallest absolute Gasteiger partial charge is 0.272 e. The Hall–Kier alpha value is -1.62. The number of carbonyl (C=O) groups is 1. The summed E-state index contributed by atoms with van der Waals surface area (Å²) in [4.78, 5) is 21.2. The third kappa shape index (κ3) is 4.44. The fourth-order valence-electron chi connectivity index (χ4n) is 2.54. The van der Waals surface area contributed by atoms with Crippen LogP contribution in [0.1, 0.15) is 44.6 Å². The van der Waals surface area contributed by atoms with Crippen LogP contribution in [0.4, 0.5) is 0 Å². The number of aromatic nitrogens is 1. The molecule has 2 rings (SSSR count). The monoisotopic (exact) mass is 305 g/mol. The van der Waals surface area contributed by atoms with Crippen LogP contribution in [0.25, 0.3) is 0 Å². The molecule has 0 spiro atoms. The van der Waals surface area contributed by atoms with Gasteiger partial charge >= 0.3 is 0 Å². The Bertz CT molecular complexity index is 508. The van der Waals surface area contributed by atoms with E-state index in [1.165, 1.54) is 0 Å². The number of nitrogens with zero attached hydrogens (tertiary/aromatic N) is 3. The lowest BCUT2D eigenvalue weighted by atomic mass is 10.2. The van der Waals surface area contributed by atoms with Gasteiger partial charge in [0.25, 0.3) is 5.91 Å². The number of hydrogen-bond acceptors (Lipinski definition) is 4. The molecule has 0 N–H and O–H groups in total. The summed E-state index contributed by atoms with van der Waals surface area (Å²) in [5.41, 5.74) is 0.217. The van der Waals surface area contributed by atoms with Gasteiger partial charge in [-0.2, -0.15) is 0 Å². The summed E-state index contributed by atoms with van der Waals surface area (Å²) in [7, 11) is 2.09. The lowest BCUT2D eigenvalue weighted by Gasteiger charge is -2.26. The SMILES string of the molecule is CC1CCN(C)CCN1C(=O)c1ccc(OC(C)(C)C)cn1. The molecule has 1 fully saturated rings. The molecule has 1 unspecified atom stereocenters. The Morgan fingerprint density at radius 1 is 1.27 bits per heavy atom. The Kier molecular flexibility index (Phi) is 5.06. The number of ether oxygens (including phenoxy) is 1. The maximum atomic E-state index is 12.7. The Labute approximate surface area is 133 Å². The molecule has 2 heterocycles. The molecule has 0 bridgehead atoms. The van der Waals surface area contributed by atoms with Crippen molar-refractivity contribution in [3.63, 3.8) is 0 Å². The summed E-state index contributed by atoms with van der Waals surface area (Å²) >= 11 is 0. The van der Waals surface area contributed by atoms with Crippen molar-refractivity contribution in [2.24, 2.45) is 0 Å². The second kappa shape index (κ2) is 6.65. The van der Waals surface area contributed by atoms with E-state index in [1.54, 1.807) is 12.3 Å². The molecule has 1 aliphatic heterocycles. The molecule has 22 heavy (non-hydrogen) atoms. The van der Waals surface area contributed by atoms with Gasteiger partial charge in [-0.1, -0.05) is 0 Å². The molecule has 1 saturated heterocycles. The summed E-state index contributed by atoms with van der Waals surface area (Å²) in [6.45, 7) is 10.7. The normalized spacial score (nSPS) is 20.6. The number of hydrogen-bond donors (Lipinski definition) is 0. The molecule has 1 atom stereocenters. The highest BCUT2D eigenvalue weighted by molar-refractivity contribution is 5.92. The van der Waals surface area contributed by atoms with E-state index in [-0.39, 0.29) is 17.6 Å². The van der Waals surface area contributed by atoms with E-state index in [9.17, 15) is 4.79 Å². The molecule has 0 aromatic carbocycles. The van der Waals surface area contributed by atoms with Crippen LogP contribution in [-0.2, 0) is 0 Å². The van der Waals surface area contributed by atoms with E-state index < -0.39 is 0 Å². The number of rotatable bonds is 2. The molecule has 0 saturated carbocycles. The Morgan fingerprint density at radius 2 is 2.00 bits per heavy atom. The van der Waals surface area contributed by atoms with Crippen molar-refractivity contribution < 1.29 is 9.53 Å².